The molecule has 0 saturated heterocycles. The number of carbonyl (C=O) groups excluding carboxylic acids is 1. The first-order chi connectivity index (χ1) is 16.2. The van der Waals surface area contributed by atoms with Gasteiger partial charge in [-0.1, -0.05) is 13.0 Å². The van der Waals surface area contributed by atoms with Crippen LogP contribution in [0.4, 0.5) is 11.4 Å². The quantitative estimate of drug-likeness (QED) is 0.294. The summed E-state index contributed by atoms with van der Waals surface area (Å²) in [5.41, 5.74) is 3.02. The molecule has 2 aromatic carbocycles. The van der Waals surface area contributed by atoms with Crippen LogP contribution in [0.3, 0.4) is 0 Å². The molecule has 1 fully saturated rings. The molecule has 3 aromatic rings. The molecule has 0 amide bonds. The molecule has 4 rings (SSSR count). The van der Waals surface area contributed by atoms with Gasteiger partial charge in [0.15, 0.2) is 11.5 Å². The highest BCUT2D eigenvalue weighted by Crippen LogP contribution is 2.38. The van der Waals surface area contributed by atoms with E-state index in [0.29, 0.717) is 18.7 Å². The number of rotatable bonds is 9. The SMILES string of the molecule is CCC(=O)Oc1ccc(N(Cc2cccnc2)c2ccc(OC)c(OC3CCCC3)c2)cc1. The standard InChI is InChI=1S/C27H30N2O4/c1-3-27(30)33-24-13-10-21(11-14-24)29(19-20-7-6-16-28-18-20)22-12-15-25(31-2)26(17-22)32-23-8-4-5-9-23/h6-7,10-18,23H,3-5,8-9,19H2,1-2H3. The molecule has 0 bridgehead atoms. The van der Waals surface area contributed by atoms with E-state index < -0.39 is 0 Å². The lowest BCUT2D eigenvalue weighted by atomic mass is 10.1. The number of esters is 1. The lowest BCUT2D eigenvalue weighted by Crippen LogP contribution is -2.17. The van der Waals surface area contributed by atoms with Crippen LogP contribution in [0, 0.1) is 0 Å². The first kappa shape index (κ1) is 22.6. The topological polar surface area (TPSA) is 60.9 Å². The number of anilines is 2. The van der Waals surface area contributed by atoms with E-state index in [1.54, 1.807) is 20.2 Å². The average molecular weight is 447 g/mol. The molecular weight excluding hydrogens is 416 g/mol. The molecule has 1 heterocycles. The van der Waals surface area contributed by atoms with Gasteiger partial charge in [0.2, 0.25) is 0 Å². The Morgan fingerprint density at radius 3 is 2.45 bits per heavy atom. The second-order valence-corrected chi connectivity index (χ2v) is 8.13. The monoisotopic (exact) mass is 446 g/mol. The van der Waals surface area contributed by atoms with E-state index >= 15 is 0 Å². The summed E-state index contributed by atoms with van der Waals surface area (Å²) in [5.74, 6) is 1.77. The molecule has 1 aliphatic rings. The van der Waals surface area contributed by atoms with E-state index in [-0.39, 0.29) is 12.1 Å². The lowest BCUT2D eigenvalue weighted by Gasteiger charge is -2.27. The first-order valence-corrected chi connectivity index (χ1v) is 11.5. The van der Waals surface area contributed by atoms with Crippen LogP contribution >= 0.6 is 0 Å². The van der Waals surface area contributed by atoms with Crippen LogP contribution in [0.5, 0.6) is 17.2 Å². The minimum absolute atomic E-state index is 0.230. The zero-order valence-electron chi connectivity index (χ0n) is 19.2. The number of hydrogen-bond donors (Lipinski definition) is 0. The maximum absolute atomic E-state index is 11.6. The molecule has 0 atom stereocenters. The van der Waals surface area contributed by atoms with Crippen molar-refractivity contribution in [3.8, 4) is 17.2 Å². The van der Waals surface area contributed by atoms with Gasteiger partial charge in [-0.2, -0.15) is 0 Å². The number of pyridine rings is 1. The second-order valence-electron chi connectivity index (χ2n) is 8.13. The summed E-state index contributed by atoms with van der Waals surface area (Å²) < 4.78 is 17.2. The van der Waals surface area contributed by atoms with Crippen LogP contribution in [0.1, 0.15) is 44.6 Å². The Morgan fingerprint density at radius 2 is 1.79 bits per heavy atom. The zero-order valence-corrected chi connectivity index (χ0v) is 19.2. The minimum atomic E-state index is -0.251. The van der Waals surface area contributed by atoms with Crippen LogP contribution in [0.25, 0.3) is 0 Å². The Balaban J connectivity index is 1.66. The van der Waals surface area contributed by atoms with E-state index in [0.717, 1.165) is 41.3 Å². The van der Waals surface area contributed by atoms with Gasteiger partial charge < -0.3 is 19.1 Å². The fourth-order valence-corrected chi connectivity index (χ4v) is 4.01. The fourth-order valence-electron chi connectivity index (χ4n) is 4.01. The van der Waals surface area contributed by atoms with Crippen LogP contribution in [0.2, 0.25) is 0 Å². The molecule has 0 spiro atoms. The summed E-state index contributed by atoms with van der Waals surface area (Å²) in [5, 5.41) is 0. The van der Waals surface area contributed by atoms with Gasteiger partial charge >= 0.3 is 5.97 Å². The highest BCUT2D eigenvalue weighted by Gasteiger charge is 2.20. The predicted molar refractivity (Wildman–Crippen MR) is 128 cm³/mol. The maximum Gasteiger partial charge on any atom is 0.310 e. The molecule has 6 heteroatoms. The molecular formula is C27H30N2O4. The minimum Gasteiger partial charge on any atom is -0.493 e. The van der Waals surface area contributed by atoms with Crippen molar-refractivity contribution in [3.05, 3.63) is 72.6 Å². The fraction of sp³-hybridized carbons (Fsp3) is 0.333. The lowest BCUT2D eigenvalue weighted by molar-refractivity contribution is -0.134. The molecule has 6 nitrogen and oxygen atoms in total. The van der Waals surface area contributed by atoms with Gasteiger partial charge in [0, 0.05) is 42.8 Å². The highest BCUT2D eigenvalue weighted by atomic mass is 16.5. The van der Waals surface area contributed by atoms with Crippen molar-refractivity contribution < 1.29 is 19.0 Å². The van der Waals surface area contributed by atoms with Crippen molar-refractivity contribution in [2.24, 2.45) is 0 Å². The summed E-state index contributed by atoms with van der Waals surface area (Å²) in [6, 6.07) is 17.6. The molecule has 0 radical (unpaired) electrons. The Bertz CT molecular complexity index is 1050. The predicted octanol–water partition coefficient (Wildman–Crippen LogP) is 6.07. The second kappa shape index (κ2) is 10.9. The normalized spacial score (nSPS) is 13.5. The third-order valence-corrected chi connectivity index (χ3v) is 5.79. The van der Waals surface area contributed by atoms with Gasteiger partial charge in [-0.05, 0) is 73.7 Å². The number of nitrogens with zero attached hydrogens (tertiary/aromatic N) is 2. The molecule has 172 valence electrons. The Kier molecular flexibility index (Phi) is 7.45. The van der Waals surface area contributed by atoms with Gasteiger partial charge in [-0.15, -0.1) is 0 Å². The average Bonchev–Trinajstić information content (AvgIpc) is 3.37. The number of methoxy groups -OCH3 is 1. The summed E-state index contributed by atoms with van der Waals surface area (Å²) in [6.07, 6.45) is 8.76. The van der Waals surface area contributed by atoms with Gasteiger partial charge in [0.25, 0.3) is 0 Å². The van der Waals surface area contributed by atoms with Crippen LogP contribution in [0.15, 0.2) is 67.0 Å². The molecule has 0 N–H and O–H groups in total. The van der Waals surface area contributed by atoms with Crippen LogP contribution < -0.4 is 19.1 Å². The van der Waals surface area contributed by atoms with Crippen molar-refractivity contribution in [1.82, 2.24) is 4.98 Å². The van der Waals surface area contributed by atoms with E-state index in [1.165, 1.54) is 12.8 Å². The van der Waals surface area contributed by atoms with Gasteiger partial charge in [-0.25, -0.2) is 0 Å². The van der Waals surface area contributed by atoms with Gasteiger partial charge in [-0.3, -0.25) is 9.78 Å². The van der Waals surface area contributed by atoms with E-state index in [4.69, 9.17) is 14.2 Å². The Morgan fingerprint density at radius 1 is 1.03 bits per heavy atom. The third kappa shape index (κ3) is 5.83. The van der Waals surface area contributed by atoms with Crippen molar-refractivity contribution in [2.75, 3.05) is 12.0 Å². The van der Waals surface area contributed by atoms with Crippen molar-refractivity contribution in [1.29, 1.82) is 0 Å². The molecule has 1 aromatic heterocycles. The Hall–Kier alpha value is -3.54. The van der Waals surface area contributed by atoms with Crippen molar-refractivity contribution in [2.45, 2.75) is 51.7 Å². The van der Waals surface area contributed by atoms with Crippen molar-refractivity contribution >= 4 is 17.3 Å². The molecule has 1 aliphatic carbocycles. The number of benzene rings is 2. The molecule has 0 unspecified atom stereocenters. The summed E-state index contributed by atoms with van der Waals surface area (Å²) in [6.45, 7) is 2.40. The van der Waals surface area contributed by atoms with Crippen LogP contribution in [-0.2, 0) is 11.3 Å². The van der Waals surface area contributed by atoms with Gasteiger partial charge in [0.05, 0.1) is 13.2 Å². The summed E-state index contributed by atoms with van der Waals surface area (Å²) >= 11 is 0. The zero-order chi connectivity index (χ0) is 23.0. The highest BCUT2D eigenvalue weighted by molar-refractivity contribution is 5.72. The largest absolute Gasteiger partial charge is 0.493 e. The van der Waals surface area contributed by atoms with E-state index in [1.807, 2.05) is 54.7 Å². The Labute approximate surface area is 195 Å². The third-order valence-electron chi connectivity index (χ3n) is 5.79. The molecule has 1 saturated carbocycles. The molecule has 33 heavy (non-hydrogen) atoms. The summed E-state index contributed by atoms with van der Waals surface area (Å²) in [7, 11) is 1.67. The van der Waals surface area contributed by atoms with E-state index in [2.05, 4.69) is 16.0 Å². The van der Waals surface area contributed by atoms with Crippen molar-refractivity contribution in [3.63, 3.8) is 0 Å². The number of hydrogen-bond acceptors (Lipinski definition) is 6. The maximum atomic E-state index is 11.6. The van der Waals surface area contributed by atoms with E-state index in [9.17, 15) is 4.79 Å². The van der Waals surface area contributed by atoms with Gasteiger partial charge in [0.1, 0.15) is 5.75 Å². The molecule has 0 aliphatic heterocycles. The first-order valence-electron chi connectivity index (χ1n) is 11.5. The number of ether oxygens (including phenoxy) is 3. The number of aromatic nitrogens is 1. The van der Waals surface area contributed by atoms with Crippen LogP contribution in [-0.4, -0.2) is 24.2 Å². The number of carbonyl (C=O) groups is 1. The smallest absolute Gasteiger partial charge is 0.310 e. The summed E-state index contributed by atoms with van der Waals surface area (Å²) in [4.78, 5) is 18.1.